The fourth-order valence-electron chi connectivity index (χ4n) is 4.91. The SMILES string of the molecule is CC(OC(=O)OC1CCCCC1)OC(=O)C1=C(/C=C/C=C/c2cn[nH]n2)CS[C@@H]2[C@H](NC(=O)/C(=N\O)c3csc(N)n3)C(=O)N12. The molecule has 5 N–H and O–H groups in total. The van der Waals surface area contributed by atoms with Crippen molar-refractivity contribution in [2.75, 3.05) is 11.5 Å². The molecule has 2 aromatic heterocycles. The van der Waals surface area contributed by atoms with Crippen LogP contribution in [-0.4, -0.2) is 89.7 Å². The number of thioether (sulfide) groups is 1. The molecule has 4 heterocycles. The van der Waals surface area contributed by atoms with Crippen LogP contribution in [0, 0.1) is 0 Å². The smallest absolute Gasteiger partial charge is 0.431 e. The predicted molar refractivity (Wildman–Crippen MR) is 161 cm³/mol. The van der Waals surface area contributed by atoms with Gasteiger partial charge in [0, 0.05) is 18.1 Å². The largest absolute Gasteiger partial charge is 0.511 e. The second-order valence-corrected chi connectivity index (χ2v) is 12.1. The summed E-state index contributed by atoms with van der Waals surface area (Å²) in [5.41, 5.74) is 6.22. The lowest BCUT2D eigenvalue weighted by atomic mass is 9.98. The second-order valence-electron chi connectivity index (χ2n) is 10.1. The molecule has 2 fully saturated rings. The average Bonchev–Trinajstić information content (AvgIpc) is 3.70. The van der Waals surface area contributed by atoms with E-state index in [0.717, 1.165) is 43.4 Å². The molecule has 238 valence electrons. The van der Waals surface area contributed by atoms with Gasteiger partial charge in [0.1, 0.15) is 34.6 Å². The van der Waals surface area contributed by atoms with E-state index < -0.39 is 47.4 Å². The molecule has 16 nitrogen and oxygen atoms in total. The van der Waals surface area contributed by atoms with Crippen molar-refractivity contribution in [3.8, 4) is 0 Å². The van der Waals surface area contributed by atoms with Crippen molar-refractivity contribution < 1.29 is 38.6 Å². The number of amides is 2. The number of thiazole rings is 1. The first-order chi connectivity index (χ1) is 21.7. The maximum absolute atomic E-state index is 13.5. The number of β-lactam (4-membered cyclic amide) rings is 1. The van der Waals surface area contributed by atoms with Crippen LogP contribution >= 0.6 is 23.1 Å². The van der Waals surface area contributed by atoms with Crippen molar-refractivity contribution in [3.63, 3.8) is 0 Å². The van der Waals surface area contributed by atoms with Crippen molar-refractivity contribution in [3.05, 3.63) is 52.5 Å². The minimum atomic E-state index is -1.31. The summed E-state index contributed by atoms with van der Waals surface area (Å²) in [6.45, 7) is 1.37. The summed E-state index contributed by atoms with van der Waals surface area (Å²) in [6, 6.07) is -1.05. The number of H-pyrrole nitrogens is 1. The minimum Gasteiger partial charge on any atom is -0.431 e. The first-order valence-corrected chi connectivity index (χ1v) is 15.9. The number of aromatic amines is 1. The summed E-state index contributed by atoms with van der Waals surface area (Å²) in [4.78, 5) is 57.2. The molecule has 1 saturated carbocycles. The third kappa shape index (κ3) is 7.51. The topological polar surface area (TPSA) is 224 Å². The Kier molecular flexibility index (Phi) is 10.1. The third-order valence-corrected chi connectivity index (χ3v) is 8.99. The summed E-state index contributed by atoms with van der Waals surface area (Å²) in [7, 11) is 0. The summed E-state index contributed by atoms with van der Waals surface area (Å²) in [5.74, 6) is -2.09. The molecule has 5 rings (SSSR count). The Balaban J connectivity index is 1.30. The number of aromatic nitrogens is 4. The van der Waals surface area contributed by atoms with Gasteiger partial charge in [-0.05, 0) is 37.3 Å². The Morgan fingerprint density at radius 1 is 1.22 bits per heavy atom. The average molecular weight is 659 g/mol. The molecular formula is C27H30N8O8S2. The van der Waals surface area contributed by atoms with E-state index in [0.29, 0.717) is 11.3 Å². The molecule has 0 bridgehead atoms. The summed E-state index contributed by atoms with van der Waals surface area (Å²) in [5, 5.41) is 26.1. The highest BCUT2D eigenvalue weighted by atomic mass is 32.2. The minimum absolute atomic E-state index is 0.0451. The number of hydrogen-bond donors (Lipinski definition) is 4. The highest BCUT2D eigenvalue weighted by Crippen LogP contribution is 2.41. The first-order valence-electron chi connectivity index (χ1n) is 14.0. The lowest BCUT2D eigenvalue weighted by Gasteiger charge is -2.49. The standard InChI is InChI=1S/C27H30N8O8S2/c1-14(42-27(39)43-17-9-3-2-4-10-17)41-25(38)21-15(7-5-6-8-16-11-29-34-32-16)12-44-24-20(23(37)35(21)24)31-22(36)19(33-40)18-13-45-26(28)30-18/h5-8,11,13-14,17,20,24,40H,2-4,9-10,12H2,1H3,(H2,28,30)(H,31,36)(H,29,32,34)/b7-5+,8-6+,33-19-/t14?,20-,24-/m1/s1. The zero-order chi connectivity index (χ0) is 31.9. The van der Waals surface area contributed by atoms with Crippen LogP contribution in [0.1, 0.15) is 50.4 Å². The fraction of sp³-hybridized carbons (Fsp3) is 0.407. The van der Waals surface area contributed by atoms with Gasteiger partial charge in [0.05, 0.1) is 6.20 Å². The van der Waals surface area contributed by atoms with Gasteiger partial charge in [0.15, 0.2) is 10.8 Å². The van der Waals surface area contributed by atoms with Crippen LogP contribution in [0.25, 0.3) is 6.08 Å². The van der Waals surface area contributed by atoms with Gasteiger partial charge in [-0.15, -0.1) is 23.1 Å². The van der Waals surface area contributed by atoms with Crippen LogP contribution < -0.4 is 11.1 Å². The van der Waals surface area contributed by atoms with E-state index in [4.69, 9.17) is 19.9 Å². The number of anilines is 1. The molecule has 0 aromatic carbocycles. The highest BCUT2D eigenvalue weighted by Gasteiger charge is 2.54. The van der Waals surface area contributed by atoms with Crippen LogP contribution in [0.4, 0.5) is 9.93 Å². The zero-order valence-corrected chi connectivity index (χ0v) is 25.6. The van der Waals surface area contributed by atoms with Gasteiger partial charge in [-0.1, -0.05) is 29.8 Å². The number of nitrogen functional groups attached to an aromatic ring is 1. The summed E-state index contributed by atoms with van der Waals surface area (Å²) in [6.07, 6.45) is 10.2. The van der Waals surface area contributed by atoms with Gasteiger partial charge in [0.2, 0.25) is 6.29 Å². The Hall–Kier alpha value is -4.71. The van der Waals surface area contributed by atoms with E-state index >= 15 is 0 Å². The van der Waals surface area contributed by atoms with E-state index in [1.807, 2.05) is 0 Å². The van der Waals surface area contributed by atoms with Crippen molar-refractivity contribution in [2.45, 2.75) is 62.8 Å². The molecular weight excluding hydrogens is 628 g/mol. The van der Waals surface area contributed by atoms with Crippen LogP contribution in [0.15, 0.2) is 46.2 Å². The van der Waals surface area contributed by atoms with Crippen LogP contribution in [-0.2, 0) is 28.6 Å². The van der Waals surface area contributed by atoms with Gasteiger partial charge >= 0.3 is 12.1 Å². The quantitative estimate of drug-likeness (QED) is 0.0548. The number of carbonyl (C=O) groups is 4. The first kappa shape index (κ1) is 31.7. The molecule has 1 aliphatic carbocycles. The number of oxime groups is 1. The van der Waals surface area contributed by atoms with E-state index in [1.54, 1.807) is 24.3 Å². The molecule has 18 heteroatoms. The Morgan fingerprint density at radius 2 is 2.00 bits per heavy atom. The number of nitrogens with two attached hydrogens (primary N) is 1. The number of nitrogens with zero attached hydrogens (tertiary/aromatic N) is 5. The molecule has 45 heavy (non-hydrogen) atoms. The van der Waals surface area contributed by atoms with E-state index in [1.165, 1.54) is 35.2 Å². The van der Waals surface area contributed by atoms with Crippen LogP contribution in [0.3, 0.4) is 0 Å². The number of nitrogens with one attached hydrogen (secondary N) is 2. The number of esters is 1. The molecule has 1 unspecified atom stereocenters. The molecule has 3 aliphatic rings. The Morgan fingerprint density at radius 3 is 2.69 bits per heavy atom. The number of rotatable bonds is 10. The molecule has 2 aromatic rings. The molecule has 1 saturated heterocycles. The van der Waals surface area contributed by atoms with Crippen molar-refractivity contribution in [2.24, 2.45) is 5.16 Å². The molecule has 2 amide bonds. The van der Waals surface area contributed by atoms with Crippen molar-refractivity contribution in [1.82, 2.24) is 30.6 Å². The highest BCUT2D eigenvalue weighted by molar-refractivity contribution is 8.00. The second kappa shape index (κ2) is 14.4. The predicted octanol–water partition coefficient (Wildman–Crippen LogP) is 2.32. The maximum atomic E-state index is 13.5. The maximum Gasteiger partial charge on any atom is 0.511 e. The van der Waals surface area contributed by atoms with Gasteiger partial charge in [-0.2, -0.15) is 15.4 Å². The molecule has 0 radical (unpaired) electrons. The lowest BCUT2D eigenvalue weighted by Crippen LogP contribution is -2.71. The van der Waals surface area contributed by atoms with E-state index in [9.17, 15) is 24.4 Å². The number of hydrogen-bond acceptors (Lipinski definition) is 15. The molecule has 0 spiro atoms. The van der Waals surface area contributed by atoms with Gasteiger partial charge < -0.3 is 30.5 Å². The van der Waals surface area contributed by atoms with Gasteiger partial charge in [0.25, 0.3) is 11.8 Å². The molecule has 2 aliphatic heterocycles. The van der Waals surface area contributed by atoms with E-state index in [-0.39, 0.29) is 28.4 Å². The zero-order valence-electron chi connectivity index (χ0n) is 24.0. The normalized spacial score (nSPS) is 21.4. The monoisotopic (exact) mass is 658 g/mol. The van der Waals surface area contributed by atoms with Gasteiger partial charge in [-0.3, -0.25) is 14.5 Å². The summed E-state index contributed by atoms with van der Waals surface area (Å²) >= 11 is 2.35. The van der Waals surface area contributed by atoms with Gasteiger partial charge in [-0.25, -0.2) is 14.6 Å². The molecule has 3 atom stereocenters. The number of ether oxygens (including phenoxy) is 3. The number of fused-ring (bicyclic) bond motifs is 1. The number of carbonyl (C=O) groups excluding carboxylic acids is 4. The van der Waals surface area contributed by atoms with Crippen LogP contribution in [0.2, 0.25) is 0 Å². The Bertz CT molecular complexity index is 1550. The number of allylic oxidation sites excluding steroid dienone is 3. The third-order valence-electron chi connectivity index (χ3n) is 7.02. The van der Waals surface area contributed by atoms with Crippen molar-refractivity contribution in [1.29, 1.82) is 0 Å². The van der Waals surface area contributed by atoms with Crippen molar-refractivity contribution >= 4 is 64.0 Å². The van der Waals surface area contributed by atoms with E-state index in [2.05, 4.69) is 30.9 Å². The Labute approximate surface area is 264 Å². The fourth-order valence-corrected chi connectivity index (χ4v) is 6.77. The lowest BCUT2D eigenvalue weighted by molar-refractivity contribution is -0.169. The van der Waals surface area contributed by atoms with Crippen LogP contribution in [0.5, 0.6) is 0 Å². The summed E-state index contributed by atoms with van der Waals surface area (Å²) < 4.78 is 15.9.